The molecular formula is C12H15N3O4. The molecule has 0 radical (unpaired) electrons. The minimum absolute atomic E-state index is 0.0729. The van der Waals surface area contributed by atoms with Gasteiger partial charge in [-0.05, 0) is 26.1 Å². The molecule has 1 unspecified atom stereocenters. The van der Waals surface area contributed by atoms with E-state index in [1.54, 1.807) is 20.0 Å². The molecule has 7 heteroatoms. The van der Waals surface area contributed by atoms with Crippen molar-refractivity contribution in [3.8, 4) is 17.6 Å². The Kier molecular flexibility index (Phi) is 4.67. The van der Waals surface area contributed by atoms with E-state index in [-0.39, 0.29) is 18.0 Å². The molecule has 0 amide bonds. The topological polar surface area (TPSA) is 97.4 Å². The number of nitro groups is 1. The predicted octanol–water partition coefficient (Wildman–Crippen LogP) is 1.48. The minimum Gasteiger partial charge on any atom is -0.490 e. The lowest BCUT2D eigenvalue weighted by atomic mass is 10.1. The second-order valence-electron chi connectivity index (χ2n) is 4.07. The van der Waals surface area contributed by atoms with Gasteiger partial charge in [0.1, 0.15) is 17.9 Å². The molecule has 1 rings (SSSR count). The number of benzene rings is 1. The van der Waals surface area contributed by atoms with Crippen LogP contribution in [0.5, 0.6) is 11.5 Å². The van der Waals surface area contributed by atoms with Crippen molar-refractivity contribution in [3.63, 3.8) is 0 Å². The lowest BCUT2D eigenvalue weighted by molar-refractivity contribution is -0.385. The smallest absolute Gasteiger partial charge is 0.314 e. The maximum absolute atomic E-state index is 10.9. The van der Waals surface area contributed by atoms with Crippen LogP contribution in [0.4, 0.5) is 5.69 Å². The highest BCUT2D eigenvalue weighted by molar-refractivity contribution is 5.50. The van der Waals surface area contributed by atoms with Crippen molar-refractivity contribution in [1.82, 2.24) is 5.32 Å². The molecule has 0 aromatic heterocycles. The molecule has 0 saturated carbocycles. The van der Waals surface area contributed by atoms with Gasteiger partial charge >= 0.3 is 5.69 Å². The van der Waals surface area contributed by atoms with Gasteiger partial charge in [-0.25, -0.2) is 0 Å². The van der Waals surface area contributed by atoms with E-state index in [0.717, 1.165) is 0 Å². The van der Waals surface area contributed by atoms with Crippen LogP contribution >= 0.6 is 0 Å². The van der Waals surface area contributed by atoms with Gasteiger partial charge in [0.15, 0.2) is 5.75 Å². The summed E-state index contributed by atoms with van der Waals surface area (Å²) in [6, 6.07) is 6.34. The fourth-order valence-corrected chi connectivity index (χ4v) is 1.29. The fraction of sp³-hybridized carbons (Fsp3) is 0.417. The van der Waals surface area contributed by atoms with E-state index in [1.165, 1.54) is 19.2 Å². The molecule has 1 N–H and O–H groups in total. The largest absolute Gasteiger partial charge is 0.490 e. The van der Waals surface area contributed by atoms with E-state index in [0.29, 0.717) is 5.75 Å². The second kappa shape index (κ2) is 6.02. The van der Waals surface area contributed by atoms with Crippen molar-refractivity contribution in [1.29, 1.82) is 5.26 Å². The maximum atomic E-state index is 10.9. The van der Waals surface area contributed by atoms with Gasteiger partial charge in [0, 0.05) is 0 Å². The van der Waals surface area contributed by atoms with Gasteiger partial charge in [-0.1, -0.05) is 0 Å². The Morgan fingerprint density at radius 1 is 1.58 bits per heavy atom. The molecule has 0 aliphatic heterocycles. The quantitative estimate of drug-likeness (QED) is 0.618. The zero-order valence-electron chi connectivity index (χ0n) is 11.0. The molecule has 7 nitrogen and oxygen atoms in total. The Morgan fingerprint density at radius 2 is 2.26 bits per heavy atom. The third-order valence-electron chi connectivity index (χ3n) is 2.67. The molecule has 1 aromatic rings. The Morgan fingerprint density at radius 3 is 2.74 bits per heavy atom. The highest BCUT2D eigenvalue weighted by atomic mass is 16.6. The molecule has 0 heterocycles. The van der Waals surface area contributed by atoms with Gasteiger partial charge in [-0.2, -0.15) is 5.26 Å². The van der Waals surface area contributed by atoms with Crippen LogP contribution in [0.1, 0.15) is 6.92 Å². The first-order chi connectivity index (χ1) is 8.95. The van der Waals surface area contributed by atoms with Crippen LogP contribution in [-0.4, -0.2) is 31.2 Å². The Bertz CT molecular complexity index is 512. The summed E-state index contributed by atoms with van der Waals surface area (Å²) in [4.78, 5) is 10.3. The van der Waals surface area contributed by atoms with Crippen LogP contribution in [0.15, 0.2) is 18.2 Å². The zero-order chi connectivity index (χ0) is 14.5. The second-order valence-corrected chi connectivity index (χ2v) is 4.07. The van der Waals surface area contributed by atoms with Gasteiger partial charge in [0.2, 0.25) is 0 Å². The van der Waals surface area contributed by atoms with Gasteiger partial charge < -0.3 is 9.47 Å². The number of methoxy groups -OCH3 is 1. The molecule has 0 aliphatic carbocycles. The highest BCUT2D eigenvalue weighted by Crippen LogP contribution is 2.30. The van der Waals surface area contributed by atoms with Gasteiger partial charge in [-0.15, -0.1) is 0 Å². The van der Waals surface area contributed by atoms with Crippen LogP contribution in [0, 0.1) is 21.4 Å². The van der Waals surface area contributed by atoms with Crippen LogP contribution < -0.4 is 14.8 Å². The summed E-state index contributed by atoms with van der Waals surface area (Å²) in [6.45, 7) is 1.74. The van der Waals surface area contributed by atoms with Crippen molar-refractivity contribution in [2.24, 2.45) is 0 Å². The molecule has 19 heavy (non-hydrogen) atoms. The first kappa shape index (κ1) is 14.7. The Labute approximate surface area is 110 Å². The standard InChI is InChI=1S/C12H15N3O4/c1-12(7-13,14-2)8-19-9-4-5-11(18-3)10(6-9)15(16)17/h4-6,14H,8H2,1-3H3. The predicted molar refractivity (Wildman–Crippen MR) is 68.2 cm³/mol. The lowest BCUT2D eigenvalue weighted by Gasteiger charge is -2.20. The van der Waals surface area contributed by atoms with E-state index < -0.39 is 10.5 Å². The minimum atomic E-state index is -0.852. The average molecular weight is 265 g/mol. The number of nitrogens with zero attached hydrogens (tertiary/aromatic N) is 2. The number of rotatable bonds is 6. The SMILES string of the molecule is CNC(C)(C#N)COc1ccc(OC)c([N+](=O)[O-])c1. The summed E-state index contributed by atoms with van der Waals surface area (Å²) in [5.41, 5.74) is -1.03. The van der Waals surface area contributed by atoms with E-state index >= 15 is 0 Å². The van der Waals surface area contributed by atoms with Gasteiger partial charge in [0.25, 0.3) is 0 Å². The van der Waals surface area contributed by atoms with Crippen LogP contribution in [0.2, 0.25) is 0 Å². The number of nitrogens with one attached hydrogen (secondary N) is 1. The van der Waals surface area contributed by atoms with Crippen molar-refractivity contribution >= 4 is 5.69 Å². The highest BCUT2D eigenvalue weighted by Gasteiger charge is 2.23. The number of ether oxygens (including phenoxy) is 2. The first-order valence-corrected chi connectivity index (χ1v) is 5.51. The van der Waals surface area contributed by atoms with E-state index in [4.69, 9.17) is 14.7 Å². The molecular weight excluding hydrogens is 250 g/mol. The van der Waals surface area contributed by atoms with Crippen LogP contribution in [-0.2, 0) is 0 Å². The van der Waals surface area contributed by atoms with Gasteiger partial charge in [-0.3, -0.25) is 15.4 Å². The average Bonchev–Trinajstić information content (AvgIpc) is 2.44. The normalized spacial score (nSPS) is 13.2. The Balaban J connectivity index is 2.90. The fourth-order valence-electron chi connectivity index (χ4n) is 1.29. The molecule has 0 fully saturated rings. The molecule has 102 valence electrons. The van der Waals surface area contributed by atoms with E-state index in [9.17, 15) is 10.1 Å². The zero-order valence-corrected chi connectivity index (χ0v) is 11.0. The first-order valence-electron chi connectivity index (χ1n) is 5.51. The number of hydrogen-bond acceptors (Lipinski definition) is 6. The number of hydrogen-bond donors (Lipinski definition) is 1. The monoisotopic (exact) mass is 265 g/mol. The number of nitriles is 1. The number of nitro benzene ring substituents is 1. The van der Waals surface area contributed by atoms with E-state index in [1.807, 2.05) is 0 Å². The third kappa shape index (κ3) is 3.56. The Hall–Kier alpha value is -2.33. The molecule has 0 spiro atoms. The summed E-state index contributed by atoms with van der Waals surface area (Å²) in [5.74, 6) is 0.471. The van der Waals surface area contributed by atoms with Crippen LogP contribution in [0.3, 0.4) is 0 Å². The van der Waals surface area contributed by atoms with Crippen molar-refractivity contribution < 1.29 is 14.4 Å². The molecule has 0 saturated heterocycles. The van der Waals surface area contributed by atoms with Crippen molar-refractivity contribution in [2.75, 3.05) is 20.8 Å². The van der Waals surface area contributed by atoms with Crippen molar-refractivity contribution in [3.05, 3.63) is 28.3 Å². The van der Waals surface area contributed by atoms with E-state index in [2.05, 4.69) is 11.4 Å². The molecule has 1 atom stereocenters. The summed E-state index contributed by atoms with van der Waals surface area (Å²) in [6.07, 6.45) is 0. The summed E-state index contributed by atoms with van der Waals surface area (Å²) >= 11 is 0. The molecule has 0 bridgehead atoms. The summed E-state index contributed by atoms with van der Waals surface area (Å²) in [7, 11) is 3.00. The third-order valence-corrected chi connectivity index (χ3v) is 2.67. The molecule has 1 aromatic carbocycles. The maximum Gasteiger partial charge on any atom is 0.314 e. The summed E-state index contributed by atoms with van der Waals surface area (Å²) in [5, 5.41) is 22.6. The lowest BCUT2D eigenvalue weighted by Crippen LogP contribution is -2.43. The number of likely N-dealkylation sites (N-methyl/N-ethyl adjacent to an activating group) is 1. The van der Waals surface area contributed by atoms with Crippen molar-refractivity contribution in [2.45, 2.75) is 12.5 Å². The summed E-state index contributed by atoms with van der Waals surface area (Å²) < 4.78 is 10.3. The van der Waals surface area contributed by atoms with Crippen LogP contribution in [0.25, 0.3) is 0 Å². The van der Waals surface area contributed by atoms with Gasteiger partial charge in [0.05, 0.1) is 24.2 Å². The molecule has 0 aliphatic rings.